The number of hydrogen-bond donors (Lipinski definition) is 1. The van der Waals surface area contributed by atoms with Crippen molar-refractivity contribution in [2.45, 2.75) is 19.9 Å². The number of amides is 1. The Morgan fingerprint density at radius 2 is 1.83 bits per heavy atom. The standard InChI is InChI=1S/C12H13Br2NO2.ClH/c1-12(2)6-17-11(16)15-10(12)7-3-8(13)5-9(14)4-7;/h3-5,10H,6H2,1-2H3,(H,15,16);1H/t10-;/m1./s1. The summed E-state index contributed by atoms with van der Waals surface area (Å²) in [4.78, 5) is 11.3. The van der Waals surface area contributed by atoms with Gasteiger partial charge in [0.25, 0.3) is 0 Å². The Hall–Kier alpha value is -0.260. The third-order valence-corrected chi connectivity index (χ3v) is 3.75. The van der Waals surface area contributed by atoms with Gasteiger partial charge in [-0.3, -0.25) is 0 Å². The van der Waals surface area contributed by atoms with Crippen molar-refractivity contribution in [3.63, 3.8) is 0 Å². The number of carbonyl (C=O) groups excluding carboxylic acids is 1. The van der Waals surface area contributed by atoms with E-state index in [4.69, 9.17) is 4.74 Å². The molecule has 1 aliphatic rings. The second-order valence-electron chi connectivity index (χ2n) is 4.84. The summed E-state index contributed by atoms with van der Waals surface area (Å²) in [6, 6.07) is 5.96. The summed E-state index contributed by atoms with van der Waals surface area (Å²) >= 11 is 6.92. The molecule has 0 aliphatic carbocycles. The first-order valence-corrected chi connectivity index (χ1v) is 6.86. The summed E-state index contributed by atoms with van der Waals surface area (Å²) < 4.78 is 7.00. The Labute approximate surface area is 129 Å². The number of ether oxygens (including phenoxy) is 1. The fourth-order valence-electron chi connectivity index (χ4n) is 1.97. The number of hydrogen-bond acceptors (Lipinski definition) is 2. The van der Waals surface area contributed by atoms with Gasteiger partial charge in [0.05, 0.1) is 6.04 Å². The molecule has 2 rings (SSSR count). The minimum Gasteiger partial charge on any atom is -0.449 e. The van der Waals surface area contributed by atoms with Crippen LogP contribution in [0.5, 0.6) is 0 Å². The van der Waals surface area contributed by atoms with Crippen LogP contribution < -0.4 is 5.32 Å². The van der Waals surface area contributed by atoms with Crippen LogP contribution in [0.1, 0.15) is 25.5 Å². The van der Waals surface area contributed by atoms with Crippen molar-refractivity contribution in [3.8, 4) is 0 Å². The molecule has 1 heterocycles. The van der Waals surface area contributed by atoms with Crippen molar-refractivity contribution in [1.82, 2.24) is 5.32 Å². The van der Waals surface area contributed by atoms with E-state index in [1.165, 1.54) is 0 Å². The minimum atomic E-state index is -0.356. The largest absolute Gasteiger partial charge is 0.449 e. The lowest BCUT2D eigenvalue weighted by atomic mass is 9.80. The molecular formula is C12H14Br2ClNO2. The summed E-state index contributed by atoms with van der Waals surface area (Å²) in [5, 5.41) is 2.87. The first-order valence-electron chi connectivity index (χ1n) is 5.28. The molecular weight excluding hydrogens is 385 g/mol. The lowest BCUT2D eigenvalue weighted by molar-refractivity contribution is 0.0387. The molecule has 0 bridgehead atoms. The molecule has 1 N–H and O–H groups in total. The van der Waals surface area contributed by atoms with Gasteiger partial charge in [0.15, 0.2) is 0 Å². The average molecular weight is 400 g/mol. The molecule has 18 heavy (non-hydrogen) atoms. The van der Waals surface area contributed by atoms with Crippen molar-refractivity contribution in [1.29, 1.82) is 0 Å². The highest BCUT2D eigenvalue weighted by Crippen LogP contribution is 2.38. The lowest BCUT2D eigenvalue weighted by Crippen LogP contribution is -2.46. The molecule has 1 aromatic carbocycles. The van der Waals surface area contributed by atoms with Crippen LogP contribution in [0.4, 0.5) is 4.79 Å². The van der Waals surface area contributed by atoms with E-state index in [1.54, 1.807) is 0 Å². The first kappa shape index (κ1) is 15.8. The third-order valence-electron chi connectivity index (χ3n) is 2.84. The van der Waals surface area contributed by atoms with Crippen molar-refractivity contribution < 1.29 is 9.53 Å². The van der Waals surface area contributed by atoms with E-state index >= 15 is 0 Å². The van der Waals surface area contributed by atoms with E-state index in [0.717, 1.165) is 14.5 Å². The van der Waals surface area contributed by atoms with Gasteiger partial charge >= 0.3 is 6.09 Å². The van der Waals surface area contributed by atoms with Crippen LogP contribution in [-0.4, -0.2) is 12.7 Å². The van der Waals surface area contributed by atoms with Gasteiger partial charge in [0.2, 0.25) is 0 Å². The van der Waals surface area contributed by atoms with Crippen LogP contribution >= 0.6 is 44.3 Å². The molecule has 1 amide bonds. The third kappa shape index (κ3) is 3.39. The fraction of sp³-hybridized carbons (Fsp3) is 0.417. The number of carbonyl (C=O) groups is 1. The maximum absolute atomic E-state index is 11.3. The number of alkyl carbamates (subject to hydrolysis) is 1. The zero-order chi connectivity index (χ0) is 12.6. The monoisotopic (exact) mass is 397 g/mol. The molecule has 6 heteroatoms. The van der Waals surface area contributed by atoms with Gasteiger partial charge in [-0.2, -0.15) is 0 Å². The Morgan fingerprint density at radius 1 is 1.28 bits per heavy atom. The summed E-state index contributed by atoms with van der Waals surface area (Å²) in [6.45, 7) is 4.57. The van der Waals surface area contributed by atoms with E-state index in [1.807, 2.05) is 18.2 Å². The van der Waals surface area contributed by atoms with Crippen LogP contribution in [0.2, 0.25) is 0 Å². The predicted octanol–water partition coefficient (Wildman–Crippen LogP) is 4.44. The molecule has 1 atom stereocenters. The molecule has 100 valence electrons. The van der Waals surface area contributed by atoms with Crippen LogP contribution in [0.25, 0.3) is 0 Å². The highest BCUT2D eigenvalue weighted by molar-refractivity contribution is 9.11. The number of cyclic esters (lactones) is 1. The topological polar surface area (TPSA) is 38.3 Å². The quantitative estimate of drug-likeness (QED) is 0.758. The van der Waals surface area contributed by atoms with Gasteiger partial charge in [-0.1, -0.05) is 45.7 Å². The summed E-state index contributed by atoms with van der Waals surface area (Å²) in [7, 11) is 0. The molecule has 1 fully saturated rings. The number of nitrogens with one attached hydrogen (secondary N) is 1. The number of benzene rings is 1. The van der Waals surface area contributed by atoms with Gasteiger partial charge in [-0.15, -0.1) is 12.4 Å². The van der Waals surface area contributed by atoms with Crippen LogP contribution in [0, 0.1) is 5.41 Å². The molecule has 1 saturated heterocycles. The second kappa shape index (κ2) is 5.80. The second-order valence-corrected chi connectivity index (χ2v) is 6.68. The highest BCUT2D eigenvalue weighted by atomic mass is 79.9. The smallest absolute Gasteiger partial charge is 0.407 e. The van der Waals surface area contributed by atoms with Crippen molar-refractivity contribution >= 4 is 50.4 Å². The molecule has 0 radical (unpaired) electrons. The molecule has 0 saturated carbocycles. The van der Waals surface area contributed by atoms with Crippen LogP contribution in [-0.2, 0) is 4.74 Å². The highest BCUT2D eigenvalue weighted by Gasteiger charge is 2.37. The van der Waals surface area contributed by atoms with Gasteiger partial charge in [0, 0.05) is 14.4 Å². The van der Waals surface area contributed by atoms with Gasteiger partial charge in [0.1, 0.15) is 6.61 Å². The lowest BCUT2D eigenvalue weighted by Gasteiger charge is -2.38. The maximum Gasteiger partial charge on any atom is 0.407 e. The van der Waals surface area contributed by atoms with Crippen LogP contribution in [0.3, 0.4) is 0 Å². The van der Waals surface area contributed by atoms with Gasteiger partial charge in [-0.25, -0.2) is 4.79 Å². The minimum absolute atomic E-state index is 0. The average Bonchev–Trinajstić information content (AvgIpc) is 2.20. The van der Waals surface area contributed by atoms with Gasteiger partial charge in [-0.05, 0) is 23.8 Å². The first-order chi connectivity index (χ1) is 7.88. The number of halogens is 3. The van der Waals surface area contributed by atoms with E-state index in [0.29, 0.717) is 6.61 Å². The fourth-order valence-corrected chi connectivity index (χ4v) is 3.30. The van der Waals surface area contributed by atoms with Crippen molar-refractivity contribution in [3.05, 3.63) is 32.7 Å². The molecule has 0 unspecified atom stereocenters. The summed E-state index contributed by atoms with van der Waals surface area (Å²) in [5.41, 5.74) is 0.932. The zero-order valence-electron chi connectivity index (χ0n) is 10.00. The van der Waals surface area contributed by atoms with Crippen molar-refractivity contribution in [2.75, 3.05) is 6.61 Å². The Kier molecular flexibility index (Phi) is 5.09. The number of rotatable bonds is 1. The molecule has 0 spiro atoms. The SMILES string of the molecule is CC1(C)COC(=O)N[C@@H]1c1cc(Br)cc(Br)c1.Cl. The molecule has 3 nitrogen and oxygen atoms in total. The maximum atomic E-state index is 11.3. The molecule has 0 aromatic heterocycles. The van der Waals surface area contributed by atoms with E-state index in [-0.39, 0.29) is 30.0 Å². The Balaban J connectivity index is 0.00000162. The summed E-state index contributed by atoms with van der Waals surface area (Å²) in [6.07, 6.45) is -0.356. The Bertz CT molecular complexity index is 445. The van der Waals surface area contributed by atoms with Crippen molar-refractivity contribution in [2.24, 2.45) is 5.41 Å². The van der Waals surface area contributed by atoms with Gasteiger partial charge < -0.3 is 10.1 Å². The summed E-state index contributed by atoms with van der Waals surface area (Å²) in [5.74, 6) is 0. The van der Waals surface area contributed by atoms with E-state index in [2.05, 4.69) is 51.0 Å². The van der Waals surface area contributed by atoms with E-state index in [9.17, 15) is 4.79 Å². The van der Waals surface area contributed by atoms with Crippen LogP contribution in [0.15, 0.2) is 27.1 Å². The normalized spacial score (nSPS) is 21.6. The molecule has 1 aliphatic heterocycles. The zero-order valence-corrected chi connectivity index (χ0v) is 14.0. The van der Waals surface area contributed by atoms with E-state index < -0.39 is 0 Å². The predicted molar refractivity (Wildman–Crippen MR) is 80.1 cm³/mol. The molecule has 1 aromatic rings. The Morgan fingerprint density at radius 3 is 2.39 bits per heavy atom.